The standard InChI is InChI=1S/C29H33N5O2/c1-32(20-23-10-4-2-5-11-23)26(24-12-6-3-7-13-24)28(36)33-16-8-14-29(21-33)15-9-17-34(29)27(35)25-18-30-22-31-19-25/h2-7,10-13,18-19,22,26H,8-9,14-17,20-21H2,1H3/t26-,29+/m1/s1. The number of hydrogen-bond acceptors (Lipinski definition) is 5. The van der Waals surface area contributed by atoms with E-state index < -0.39 is 6.04 Å². The highest BCUT2D eigenvalue weighted by Gasteiger charge is 2.48. The lowest BCUT2D eigenvalue weighted by molar-refractivity contribution is -0.140. The molecule has 2 aliphatic rings. The number of piperidine rings is 1. The highest BCUT2D eigenvalue weighted by molar-refractivity contribution is 5.94. The summed E-state index contributed by atoms with van der Waals surface area (Å²) in [5.74, 6) is 0.0595. The van der Waals surface area contributed by atoms with Gasteiger partial charge in [0.15, 0.2) is 0 Å². The molecule has 2 atom stereocenters. The molecule has 0 radical (unpaired) electrons. The van der Waals surface area contributed by atoms with Crippen molar-refractivity contribution in [2.75, 3.05) is 26.7 Å². The lowest BCUT2D eigenvalue weighted by atomic mass is 9.85. The summed E-state index contributed by atoms with van der Waals surface area (Å²) in [5, 5.41) is 0. The van der Waals surface area contributed by atoms with Gasteiger partial charge in [-0.1, -0.05) is 60.7 Å². The van der Waals surface area contributed by atoms with Crippen LogP contribution in [0.5, 0.6) is 0 Å². The number of hydrogen-bond donors (Lipinski definition) is 0. The summed E-state index contributed by atoms with van der Waals surface area (Å²) >= 11 is 0. The average molecular weight is 484 g/mol. The number of carbonyl (C=O) groups excluding carboxylic acids is 2. The molecule has 0 unspecified atom stereocenters. The predicted octanol–water partition coefficient (Wildman–Crippen LogP) is 3.95. The number of amides is 2. The average Bonchev–Trinajstić information content (AvgIpc) is 3.32. The summed E-state index contributed by atoms with van der Waals surface area (Å²) in [7, 11) is 2.02. The molecule has 2 aliphatic heterocycles. The van der Waals surface area contributed by atoms with Gasteiger partial charge in [0.05, 0.1) is 11.1 Å². The van der Waals surface area contributed by atoms with Crippen LogP contribution in [0.25, 0.3) is 0 Å². The summed E-state index contributed by atoms with van der Waals surface area (Å²) < 4.78 is 0. The SMILES string of the molecule is CN(Cc1ccccc1)[C@@H](C(=O)N1CCC[C@]2(CCCN2C(=O)c2cncnc2)C1)c1ccccc1. The molecule has 3 heterocycles. The fourth-order valence-corrected chi connectivity index (χ4v) is 5.90. The number of aromatic nitrogens is 2. The molecule has 36 heavy (non-hydrogen) atoms. The van der Waals surface area contributed by atoms with Gasteiger partial charge in [0.25, 0.3) is 5.91 Å². The molecule has 2 aromatic carbocycles. The van der Waals surface area contributed by atoms with E-state index in [0.29, 0.717) is 31.7 Å². The second-order valence-corrected chi connectivity index (χ2v) is 9.99. The van der Waals surface area contributed by atoms with Crippen LogP contribution in [0.3, 0.4) is 0 Å². The molecule has 7 nitrogen and oxygen atoms in total. The molecule has 0 bridgehead atoms. The lowest BCUT2D eigenvalue weighted by Gasteiger charge is -2.47. The van der Waals surface area contributed by atoms with Crippen molar-refractivity contribution in [3.8, 4) is 0 Å². The highest BCUT2D eigenvalue weighted by atomic mass is 16.2. The van der Waals surface area contributed by atoms with E-state index in [0.717, 1.165) is 31.2 Å². The van der Waals surface area contributed by atoms with Crippen molar-refractivity contribution in [2.45, 2.75) is 43.8 Å². The smallest absolute Gasteiger partial charge is 0.257 e. The summed E-state index contributed by atoms with van der Waals surface area (Å²) in [6, 6.07) is 19.9. The second-order valence-electron chi connectivity index (χ2n) is 9.99. The fourth-order valence-electron chi connectivity index (χ4n) is 5.90. The van der Waals surface area contributed by atoms with Crippen molar-refractivity contribution in [3.63, 3.8) is 0 Å². The Morgan fingerprint density at radius 3 is 2.28 bits per heavy atom. The monoisotopic (exact) mass is 483 g/mol. The number of likely N-dealkylation sites (N-methyl/N-ethyl adjacent to an activating group) is 1. The number of carbonyl (C=O) groups is 2. The molecule has 3 aromatic rings. The Bertz CT molecular complexity index is 1170. The molecule has 1 aromatic heterocycles. The molecule has 0 saturated carbocycles. The van der Waals surface area contributed by atoms with Crippen LogP contribution < -0.4 is 0 Å². The first-order valence-electron chi connectivity index (χ1n) is 12.7. The van der Waals surface area contributed by atoms with Crippen molar-refractivity contribution in [2.24, 2.45) is 0 Å². The van der Waals surface area contributed by atoms with Crippen LogP contribution in [0.1, 0.15) is 53.2 Å². The summed E-state index contributed by atoms with van der Waals surface area (Å²) in [5.41, 5.74) is 2.33. The van der Waals surface area contributed by atoms with Crippen molar-refractivity contribution in [3.05, 3.63) is 96.1 Å². The first-order valence-corrected chi connectivity index (χ1v) is 12.7. The van der Waals surface area contributed by atoms with Crippen molar-refractivity contribution >= 4 is 11.8 Å². The third-order valence-corrected chi connectivity index (χ3v) is 7.58. The summed E-state index contributed by atoms with van der Waals surface area (Å²) in [6.07, 6.45) is 8.24. The van der Waals surface area contributed by atoms with Gasteiger partial charge in [0.2, 0.25) is 5.91 Å². The van der Waals surface area contributed by atoms with Crippen molar-refractivity contribution < 1.29 is 9.59 Å². The van der Waals surface area contributed by atoms with Crippen LogP contribution in [-0.4, -0.2) is 68.7 Å². The quantitative estimate of drug-likeness (QED) is 0.531. The van der Waals surface area contributed by atoms with Gasteiger partial charge in [-0.15, -0.1) is 0 Å². The van der Waals surface area contributed by atoms with E-state index >= 15 is 0 Å². The summed E-state index contributed by atoms with van der Waals surface area (Å²) in [6.45, 7) is 2.64. The van der Waals surface area contributed by atoms with E-state index in [4.69, 9.17) is 0 Å². The van der Waals surface area contributed by atoms with Gasteiger partial charge in [-0.25, -0.2) is 9.97 Å². The Hall–Kier alpha value is -3.58. The van der Waals surface area contributed by atoms with Gasteiger partial charge in [0.1, 0.15) is 12.4 Å². The van der Waals surface area contributed by atoms with E-state index in [1.54, 1.807) is 12.4 Å². The minimum Gasteiger partial charge on any atom is -0.339 e. The zero-order chi connectivity index (χ0) is 25.0. The molecular weight excluding hydrogens is 450 g/mol. The molecule has 2 fully saturated rings. The van der Waals surface area contributed by atoms with E-state index in [1.807, 2.05) is 65.4 Å². The van der Waals surface area contributed by atoms with Crippen LogP contribution in [0.2, 0.25) is 0 Å². The lowest BCUT2D eigenvalue weighted by Crippen LogP contribution is -2.59. The Morgan fingerprint density at radius 2 is 1.58 bits per heavy atom. The Labute approximate surface area is 212 Å². The maximum atomic E-state index is 14.2. The van der Waals surface area contributed by atoms with Gasteiger partial charge in [-0.3, -0.25) is 14.5 Å². The molecule has 186 valence electrons. The van der Waals surface area contributed by atoms with Crippen LogP contribution in [0.4, 0.5) is 0 Å². The van der Waals surface area contributed by atoms with Crippen LogP contribution in [0.15, 0.2) is 79.4 Å². The summed E-state index contributed by atoms with van der Waals surface area (Å²) in [4.78, 5) is 41.8. The molecule has 0 N–H and O–H groups in total. The Balaban J connectivity index is 1.39. The molecule has 5 rings (SSSR count). The van der Waals surface area contributed by atoms with Crippen molar-refractivity contribution in [1.82, 2.24) is 24.7 Å². The van der Waals surface area contributed by atoms with Gasteiger partial charge < -0.3 is 9.80 Å². The largest absolute Gasteiger partial charge is 0.339 e. The highest BCUT2D eigenvalue weighted by Crippen LogP contribution is 2.39. The maximum absolute atomic E-state index is 14.2. The van der Waals surface area contributed by atoms with Crippen LogP contribution in [0, 0.1) is 0 Å². The van der Waals surface area contributed by atoms with Crippen molar-refractivity contribution in [1.29, 1.82) is 0 Å². The second kappa shape index (κ2) is 10.6. The van der Waals surface area contributed by atoms with E-state index in [9.17, 15) is 9.59 Å². The predicted molar refractivity (Wildman–Crippen MR) is 138 cm³/mol. The Morgan fingerprint density at radius 1 is 0.944 bits per heavy atom. The normalized spacial score (nSPS) is 20.6. The van der Waals surface area contributed by atoms with Gasteiger partial charge in [-0.2, -0.15) is 0 Å². The zero-order valence-corrected chi connectivity index (χ0v) is 20.8. The molecule has 1 spiro atoms. The molecule has 2 saturated heterocycles. The van der Waals surface area contributed by atoms with E-state index in [2.05, 4.69) is 27.0 Å². The minimum absolute atomic E-state index is 0.0387. The molecule has 0 aliphatic carbocycles. The fraction of sp³-hybridized carbons (Fsp3) is 0.379. The zero-order valence-electron chi connectivity index (χ0n) is 20.8. The third kappa shape index (κ3) is 4.88. The van der Waals surface area contributed by atoms with E-state index in [1.165, 1.54) is 11.9 Å². The maximum Gasteiger partial charge on any atom is 0.257 e. The molecule has 2 amide bonds. The Kier molecular flexibility index (Phi) is 7.09. The van der Waals surface area contributed by atoms with Crippen LogP contribution >= 0.6 is 0 Å². The number of benzene rings is 2. The number of nitrogens with zero attached hydrogens (tertiary/aromatic N) is 5. The van der Waals surface area contributed by atoms with Crippen LogP contribution in [-0.2, 0) is 11.3 Å². The topological polar surface area (TPSA) is 69.6 Å². The third-order valence-electron chi connectivity index (χ3n) is 7.58. The first kappa shape index (κ1) is 24.1. The molecular formula is C29H33N5O2. The number of rotatable bonds is 6. The van der Waals surface area contributed by atoms with E-state index in [-0.39, 0.29) is 17.4 Å². The van der Waals surface area contributed by atoms with Gasteiger partial charge in [-0.05, 0) is 43.9 Å². The van der Waals surface area contributed by atoms with Gasteiger partial charge >= 0.3 is 0 Å². The molecule has 7 heteroatoms. The van der Waals surface area contributed by atoms with Gasteiger partial charge in [0, 0.05) is 38.6 Å². The number of likely N-dealkylation sites (tertiary alicyclic amines) is 2. The first-order chi connectivity index (χ1) is 17.6. The minimum atomic E-state index is -0.394.